The lowest BCUT2D eigenvalue weighted by molar-refractivity contribution is 0.0256. The second-order valence-corrected chi connectivity index (χ2v) is 9.59. The second-order valence-electron chi connectivity index (χ2n) is 8.88. The summed E-state index contributed by atoms with van der Waals surface area (Å²) in [5.74, 6) is 0.559. The Kier molecular flexibility index (Phi) is 8.24. The number of aryl methyl sites for hydroxylation is 1. The van der Waals surface area contributed by atoms with E-state index < -0.39 is 5.60 Å². The van der Waals surface area contributed by atoms with Crippen LogP contribution in [-0.2, 0) is 4.74 Å². The van der Waals surface area contributed by atoms with Crippen molar-refractivity contribution in [3.8, 4) is 0 Å². The summed E-state index contributed by atoms with van der Waals surface area (Å²) in [5.41, 5.74) is 2.12. The zero-order valence-electron chi connectivity index (χ0n) is 18.8. The third-order valence-electron chi connectivity index (χ3n) is 4.71. The maximum absolute atomic E-state index is 13.8. The molecule has 2 rings (SSSR count). The molecular weight excluding hydrogens is 401 g/mol. The van der Waals surface area contributed by atoms with Gasteiger partial charge in [0.15, 0.2) is 0 Å². The number of benzene rings is 1. The van der Waals surface area contributed by atoms with Crippen molar-refractivity contribution in [2.75, 3.05) is 11.9 Å². The summed E-state index contributed by atoms with van der Waals surface area (Å²) >= 11 is 1.37. The minimum absolute atomic E-state index is 0.0299. The Balaban J connectivity index is 1.90. The molecule has 1 heterocycles. The highest BCUT2D eigenvalue weighted by molar-refractivity contribution is 8.00. The normalized spacial score (nSPS) is 16.9. The molecule has 1 atom stereocenters. The monoisotopic (exact) mass is 435 g/mol. The van der Waals surface area contributed by atoms with E-state index in [1.807, 2.05) is 53.0 Å². The lowest BCUT2D eigenvalue weighted by Crippen LogP contribution is -2.39. The highest BCUT2D eigenvalue weighted by Crippen LogP contribution is 2.29. The van der Waals surface area contributed by atoms with E-state index in [1.54, 1.807) is 11.0 Å². The molecular formula is C23H34FN3O2S. The average molecular weight is 436 g/mol. The first-order chi connectivity index (χ1) is 14.0. The Morgan fingerprint density at radius 2 is 2.10 bits per heavy atom. The van der Waals surface area contributed by atoms with Crippen molar-refractivity contribution >= 4 is 23.7 Å². The largest absolute Gasteiger partial charge is 0.444 e. The van der Waals surface area contributed by atoms with Gasteiger partial charge < -0.3 is 19.7 Å². The first kappa shape index (κ1) is 24.1. The molecule has 30 heavy (non-hydrogen) atoms. The molecule has 2 N–H and O–H groups in total. The highest BCUT2D eigenvalue weighted by Gasteiger charge is 2.30. The molecule has 0 aliphatic carbocycles. The molecule has 1 aliphatic heterocycles. The van der Waals surface area contributed by atoms with Gasteiger partial charge in [-0.2, -0.15) is 0 Å². The van der Waals surface area contributed by atoms with Crippen LogP contribution in [0.5, 0.6) is 0 Å². The Hall–Kier alpha value is -2.15. The molecule has 1 aliphatic rings. The van der Waals surface area contributed by atoms with Gasteiger partial charge in [-0.05, 0) is 87.1 Å². The fourth-order valence-corrected chi connectivity index (χ4v) is 3.87. The number of ether oxygens (including phenoxy) is 1. The molecule has 5 nitrogen and oxygen atoms in total. The van der Waals surface area contributed by atoms with Crippen LogP contribution in [0.25, 0.3) is 0 Å². The summed E-state index contributed by atoms with van der Waals surface area (Å²) in [6.07, 6.45) is 3.61. The number of hydrogen-bond acceptors (Lipinski definition) is 5. The molecule has 1 aromatic rings. The zero-order chi connectivity index (χ0) is 22.5. The predicted octanol–water partition coefficient (Wildman–Crippen LogP) is 6.29. The van der Waals surface area contributed by atoms with Crippen molar-refractivity contribution in [1.82, 2.24) is 9.62 Å². The van der Waals surface area contributed by atoms with Crippen LogP contribution in [0, 0.1) is 12.7 Å². The third-order valence-corrected chi connectivity index (χ3v) is 5.36. The number of likely N-dealkylation sites (tertiary alicyclic amines) is 1. The third kappa shape index (κ3) is 6.97. The topological polar surface area (TPSA) is 53.6 Å². The van der Waals surface area contributed by atoms with E-state index in [-0.39, 0.29) is 23.9 Å². The standard InChI is InChI=1S/C23H34FN3O2S/c1-15(2)20-14-18(24)13-16(3)21(20)25-17(4)26-30-12-10-19-9-8-11-27(19)22(28)29-23(5,6)7/h10,12-15,19,25-26H,4,8-9,11H2,1-3,5-7H3/b12-10+. The van der Waals surface area contributed by atoms with Gasteiger partial charge in [0.25, 0.3) is 0 Å². The molecule has 0 bridgehead atoms. The average Bonchev–Trinajstić information content (AvgIpc) is 3.08. The number of rotatable bonds is 7. The number of nitrogens with zero attached hydrogens (tertiary/aromatic N) is 1. The first-order valence-corrected chi connectivity index (χ1v) is 11.2. The van der Waals surface area contributed by atoms with Crippen LogP contribution in [0.3, 0.4) is 0 Å². The molecule has 1 saturated heterocycles. The van der Waals surface area contributed by atoms with Crippen molar-refractivity contribution in [3.05, 3.63) is 53.0 Å². The zero-order valence-corrected chi connectivity index (χ0v) is 19.7. The van der Waals surface area contributed by atoms with Crippen LogP contribution in [0.2, 0.25) is 0 Å². The van der Waals surface area contributed by atoms with Gasteiger partial charge in [-0.1, -0.05) is 26.5 Å². The van der Waals surface area contributed by atoms with Crippen molar-refractivity contribution in [1.29, 1.82) is 0 Å². The summed E-state index contributed by atoms with van der Waals surface area (Å²) in [6, 6.07) is 3.10. The van der Waals surface area contributed by atoms with Crippen LogP contribution in [-0.4, -0.2) is 29.2 Å². The first-order valence-electron chi connectivity index (χ1n) is 10.3. The Bertz CT molecular complexity index is 802. The predicted molar refractivity (Wildman–Crippen MR) is 124 cm³/mol. The van der Waals surface area contributed by atoms with E-state index in [9.17, 15) is 9.18 Å². The van der Waals surface area contributed by atoms with Gasteiger partial charge in [0.2, 0.25) is 0 Å². The summed E-state index contributed by atoms with van der Waals surface area (Å²) < 4.78 is 22.4. The molecule has 1 fully saturated rings. The highest BCUT2D eigenvalue weighted by atomic mass is 32.2. The van der Waals surface area contributed by atoms with Crippen LogP contribution in [0.4, 0.5) is 14.9 Å². The minimum Gasteiger partial charge on any atom is -0.444 e. The van der Waals surface area contributed by atoms with Crippen molar-refractivity contribution in [3.63, 3.8) is 0 Å². The molecule has 1 unspecified atom stereocenters. The van der Waals surface area contributed by atoms with Gasteiger partial charge >= 0.3 is 6.09 Å². The molecule has 0 spiro atoms. The Morgan fingerprint density at radius 1 is 1.40 bits per heavy atom. The number of nitrogens with one attached hydrogen (secondary N) is 2. The van der Waals surface area contributed by atoms with Crippen LogP contribution in [0.15, 0.2) is 36.0 Å². The van der Waals surface area contributed by atoms with Gasteiger partial charge in [0.1, 0.15) is 17.2 Å². The fraction of sp³-hybridized carbons (Fsp3) is 0.522. The van der Waals surface area contributed by atoms with E-state index >= 15 is 0 Å². The second kappa shape index (κ2) is 10.2. The van der Waals surface area contributed by atoms with Crippen LogP contribution >= 0.6 is 11.9 Å². The van der Waals surface area contributed by atoms with Crippen molar-refractivity contribution in [2.45, 2.75) is 71.9 Å². The minimum atomic E-state index is -0.499. The number of carbonyl (C=O) groups excluding carboxylic acids is 1. The SMILES string of the molecule is C=C(NS/C=C/C1CCCN1C(=O)OC(C)(C)C)Nc1c(C)cc(F)cc1C(C)C. The lowest BCUT2D eigenvalue weighted by Gasteiger charge is -2.27. The van der Waals surface area contributed by atoms with E-state index in [2.05, 4.69) is 16.6 Å². The maximum Gasteiger partial charge on any atom is 0.410 e. The molecule has 0 aromatic heterocycles. The number of carbonyl (C=O) groups is 1. The Morgan fingerprint density at radius 3 is 2.73 bits per heavy atom. The van der Waals surface area contributed by atoms with E-state index in [0.29, 0.717) is 12.4 Å². The van der Waals surface area contributed by atoms with Crippen molar-refractivity contribution < 1.29 is 13.9 Å². The van der Waals surface area contributed by atoms with Crippen LogP contribution < -0.4 is 10.0 Å². The number of hydrogen-bond donors (Lipinski definition) is 2. The van der Waals surface area contributed by atoms with E-state index in [0.717, 1.165) is 29.7 Å². The van der Waals surface area contributed by atoms with Gasteiger partial charge in [-0.15, -0.1) is 0 Å². The number of amides is 1. The maximum atomic E-state index is 13.8. The summed E-state index contributed by atoms with van der Waals surface area (Å²) in [7, 11) is 0. The summed E-state index contributed by atoms with van der Waals surface area (Å²) in [4.78, 5) is 14.1. The molecule has 166 valence electrons. The van der Waals surface area contributed by atoms with Crippen LogP contribution in [0.1, 0.15) is 64.5 Å². The summed E-state index contributed by atoms with van der Waals surface area (Å²) in [6.45, 7) is 16.3. The van der Waals surface area contributed by atoms with E-state index in [1.165, 1.54) is 18.0 Å². The molecule has 1 aromatic carbocycles. The molecule has 0 radical (unpaired) electrons. The number of anilines is 1. The van der Waals surface area contributed by atoms with E-state index in [4.69, 9.17) is 4.74 Å². The lowest BCUT2D eigenvalue weighted by atomic mass is 9.98. The molecule has 1 amide bonds. The van der Waals surface area contributed by atoms with Crippen molar-refractivity contribution in [2.24, 2.45) is 0 Å². The quantitative estimate of drug-likeness (QED) is 0.493. The van der Waals surface area contributed by atoms with Gasteiger partial charge in [-0.3, -0.25) is 0 Å². The van der Waals surface area contributed by atoms with Gasteiger partial charge in [0.05, 0.1) is 6.04 Å². The molecule has 7 heteroatoms. The summed E-state index contributed by atoms with van der Waals surface area (Å²) in [5, 5.41) is 5.17. The Labute approximate surface area is 184 Å². The van der Waals surface area contributed by atoms with Gasteiger partial charge in [-0.25, -0.2) is 9.18 Å². The van der Waals surface area contributed by atoms with Gasteiger partial charge in [0, 0.05) is 12.2 Å². The molecule has 0 saturated carbocycles. The smallest absolute Gasteiger partial charge is 0.410 e. The number of halogens is 1. The fourth-order valence-electron chi connectivity index (χ4n) is 3.35.